The first-order valence-electron chi connectivity index (χ1n) is 5.87. The molecule has 0 spiro atoms. The van der Waals surface area contributed by atoms with Gasteiger partial charge in [-0.25, -0.2) is 0 Å². The number of nitrogens with zero attached hydrogens (tertiary/aromatic N) is 1. The molecule has 2 heteroatoms. The van der Waals surface area contributed by atoms with Gasteiger partial charge in [-0.2, -0.15) is 5.26 Å². The van der Waals surface area contributed by atoms with E-state index >= 15 is 0 Å². The van der Waals surface area contributed by atoms with E-state index < -0.39 is 0 Å². The topological polar surface area (TPSA) is 35.8 Å². The Hall–Kier alpha value is -1.33. The molecule has 86 valence electrons. The normalized spacial score (nSPS) is 11.1. The first-order valence-corrected chi connectivity index (χ1v) is 5.87. The minimum Gasteiger partial charge on any atom is -0.307 e. The zero-order chi connectivity index (χ0) is 12.0. The molecule has 0 saturated heterocycles. The van der Waals surface area contributed by atoms with Gasteiger partial charge >= 0.3 is 0 Å². The van der Waals surface area contributed by atoms with Gasteiger partial charge in [0.25, 0.3) is 0 Å². The molecule has 0 aromatic heterocycles. The molecule has 0 aliphatic carbocycles. The molecule has 0 heterocycles. The Morgan fingerprint density at radius 3 is 2.56 bits per heavy atom. The van der Waals surface area contributed by atoms with Crippen LogP contribution in [0.25, 0.3) is 0 Å². The van der Waals surface area contributed by atoms with Crippen molar-refractivity contribution < 1.29 is 0 Å². The van der Waals surface area contributed by atoms with E-state index in [1.165, 1.54) is 5.56 Å². The lowest BCUT2D eigenvalue weighted by atomic mass is 9.95. The standard InChI is InChI=1S/C14H20N2/c1-4-14(3,5-2)16-11-13-8-6-7-12(9-13)10-15/h6-9,16H,4-5,11H2,1-3H3. The molecular weight excluding hydrogens is 196 g/mol. The average Bonchev–Trinajstić information content (AvgIpc) is 2.36. The van der Waals surface area contributed by atoms with Crippen molar-refractivity contribution in [1.82, 2.24) is 5.32 Å². The van der Waals surface area contributed by atoms with E-state index in [9.17, 15) is 0 Å². The lowest BCUT2D eigenvalue weighted by Gasteiger charge is -2.28. The molecule has 0 aliphatic heterocycles. The third kappa shape index (κ3) is 3.36. The smallest absolute Gasteiger partial charge is 0.0991 e. The number of nitrogens with one attached hydrogen (secondary N) is 1. The molecular formula is C14H20N2. The number of rotatable bonds is 5. The summed E-state index contributed by atoms with van der Waals surface area (Å²) in [6.07, 6.45) is 2.23. The third-order valence-corrected chi connectivity index (χ3v) is 3.34. The van der Waals surface area contributed by atoms with Crippen LogP contribution in [-0.4, -0.2) is 5.54 Å². The summed E-state index contributed by atoms with van der Waals surface area (Å²) in [4.78, 5) is 0. The van der Waals surface area contributed by atoms with Crippen LogP contribution in [0.3, 0.4) is 0 Å². The highest BCUT2D eigenvalue weighted by atomic mass is 15.0. The number of hydrogen-bond acceptors (Lipinski definition) is 2. The number of nitriles is 1. The second-order valence-corrected chi connectivity index (χ2v) is 4.43. The molecule has 0 fully saturated rings. The fraction of sp³-hybridized carbons (Fsp3) is 0.500. The van der Waals surface area contributed by atoms with Crippen LogP contribution in [-0.2, 0) is 6.54 Å². The van der Waals surface area contributed by atoms with Crippen LogP contribution in [0.5, 0.6) is 0 Å². The van der Waals surface area contributed by atoms with Crippen molar-refractivity contribution in [3.05, 3.63) is 35.4 Å². The summed E-state index contributed by atoms with van der Waals surface area (Å²) in [7, 11) is 0. The SMILES string of the molecule is CCC(C)(CC)NCc1cccc(C#N)c1. The summed E-state index contributed by atoms with van der Waals surface area (Å²) in [5, 5.41) is 12.4. The summed E-state index contributed by atoms with van der Waals surface area (Å²) >= 11 is 0. The zero-order valence-corrected chi connectivity index (χ0v) is 10.4. The molecule has 1 N–H and O–H groups in total. The second-order valence-electron chi connectivity index (χ2n) is 4.43. The molecule has 0 amide bonds. The van der Waals surface area contributed by atoms with Gasteiger partial charge in [0.1, 0.15) is 0 Å². The second kappa shape index (κ2) is 5.67. The van der Waals surface area contributed by atoms with E-state index in [4.69, 9.17) is 5.26 Å². The Kier molecular flexibility index (Phi) is 4.52. The highest BCUT2D eigenvalue weighted by molar-refractivity contribution is 5.32. The fourth-order valence-electron chi connectivity index (χ4n) is 1.57. The van der Waals surface area contributed by atoms with Crippen LogP contribution in [0, 0.1) is 11.3 Å². The van der Waals surface area contributed by atoms with E-state index in [0.717, 1.165) is 24.9 Å². The Morgan fingerprint density at radius 2 is 2.00 bits per heavy atom. The Bertz CT molecular complexity index is 373. The molecule has 0 atom stereocenters. The van der Waals surface area contributed by atoms with Gasteiger partial charge in [0, 0.05) is 12.1 Å². The maximum atomic E-state index is 8.81. The highest BCUT2D eigenvalue weighted by Crippen LogP contribution is 2.15. The van der Waals surface area contributed by atoms with Crippen molar-refractivity contribution >= 4 is 0 Å². The molecule has 0 bridgehead atoms. The average molecular weight is 216 g/mol. The van der Waals surface area contributed by atoms with Gasteiger partial charge in [-0.3, -0.25) is 0 Å². The van der Waals surface area contributed by atoms with Crippen molar-refractivity contribution in [2.24, 2.45) is 0 Å². The predicted molar refractivity (Wildman–Crippen MR) is 67.0 cm³/mol. The Morgan fingerprint density at radius 1 is 1.31 bits per heavy atom. The van der Waals surface area contributed by atoms with E-state index in [0.29, 0.717) is 0 Å². The first-order chi connectivity index (χ1) is 7.63. The van der Waals surface area contributed by atoms with E-state index in [1.54, 1.807) is 0 Å². The first kappa shape index (κ1) is 12.7. The fourth-order valence-corrected chi connectivity index (χ4v) is 1.57. The molecule has 0 unspecified atom stereocenters. The molecule has 16 heavy (non-hydrogen) atoms. The monoisotopic (exact) mass is 216 g/mol. The largest absolute Gasteiger partial charge is 0.307 e. The third-order valence-electron chi connectivity index (χ3n) is 3.34. The van der Waals surface area contributed by atoms with E-state index in [2.05, 4.69) is 38.2 Å². The van der Waals surface area contributed by atoms with Crippen molar-refractivity contribution in [2.75, 3.05) is 0 Å². The van der Waals surface area contributed by atoms with Gasteiger partial charge in [-0.1, -0.05) is 26.0 Å². The van der Waals surface area contributed by atoms with E-state index in [1.807, 2.05) is 18.2 Å². The minimum atomic E-state index is 0.197. The maximum Gasteiger partial charge on any atom is 0.0991 e. The zero-order valence-electron chi connectivity index (χ0n) is 10.4. The van der Waals surface area contributed by atoms with Gasteiger partial charge in [-0.05, 0) is 37.5 Å². The van der Waals surface area contributed by atoms with Crippen LogP contribution in [0.15, 0.2) is 24.3 Å². The van der Waals surface area contributed by atoms with Crippen molar-refractivity contribution in [2.45, 2.75) is 45.7 Å². The lowest BCUT2D eigenvalue weighted by molar-refractivity contribution is 0.329. The van der Waals surface area contributed by atoms with Crippen molar-refractivity contribution in [3.63, 3.8) is 0 Å². The lowest BCUT2D eigenvalue weighted by Crippen LogP contribution is -2.40. The van der Waals surface area contributed by atoms with Crippen LogP contribution >= 0.6 is 0 Å². The van der Waals surface area contributed by atoms with Gasteiger partial charge in [0.05, 0.1) is 11.6 Å². The van der Waals surface area contributed by atoms with Crippen LogP contribution in [0.2, 0.25) is 0 Å². The van der Waals surface area contributed by atoms with Gasteiger partial charge in [-0.15, -0.1) is 0 Å². The molecule has 0 saturated carbocycles. The Balaban J connectivity index is 2.64. The number of hydrogen-bond donors (Lipinski definition) is 1. The summed E-state index contributed by atoms with van der Waals surface area (Å²) in [5.41, 5.74) is 2.10. The minimum absolute atomic E-state index is 0.197. The van der Waals surface area contributed by atoms with Gasteiger partial charge < -0.3 is 5.32 Å². The van der Waals surface area contributed by atoms with Gasteiger partial charge in [0.15, 0.2) is 0 Å². The van der Waals surface area contributed by atoms with Gasteiger partial charge in [0.2, 0.25) is 0 Å². The molecule has 0 aliphatic rings. The molecule has 1 aromatic carbocycles. The maximum absolute atomic E-state index is 8.81. The van der Waals surface area contributed by atoms with Crippen molar-refractivity contribution in [3.8, 4) is 6.07 Å². The molecule has 2 nitrogen and oxygen atoms in total. The molecule has 1 aromatic rings. The Labute approximate surface area is 98.3 Å². The van der Waals surface area contributed by atoms with Crippen LogP contribution in [0.4, 0.5) is 0 Å². The summed E-state index contributed by atoms with van der Waals surface area (Å²) in [6, 6.07) is 9.93. The van der Waals surface area contributed by atoms with Crippen LogP contribution < -0.4 is 5.32 Å². The summed E-state index contributed by atoms with van der Waals surface area (Å²) in [5.74, 6) is 0. The van der Waals surface area contributed by atoms with Crippen LogP contribution in [0.1, 0.15) is 44.7 Å². The van der Waals surface area contributed by atoms with Crippen molar-refractivity contribution in [1.29, 1.82) is 5.26 Å². The quantitative estimate of drug-likeness (QED) is 0.820. The molecule has 0 radical (unpaired) electrons. The summed E-state index contributed by atoms with van der Waals surface area (Å²) in [6.45, 7) is 7.46. The number of benzene rings is 1. The highest BCUT2D eigenvalue weighted by Gasteiger charge is 2.17. The predicted octanol–water partition coefficient (Wildman–Crippen LogP) is 3.23. The summed E-state index contributed by atoms with van der Waals surface area (Å²) < 4.78 is 0. The van der Waals surface area contributed by atoms with E-state index in [-0.39, 0.29) is 5.54 Å². The molecule has 1 rings (SSSR count).